The molecule has 3 aromatic rings. The molecule has 0 unspecified atom stereocenters. The summed E-state index contributed by atoms with van der Waals surface area (Å²) in [6, 6.07) is 23.9. The van der Waals surface area contributed by atoms with E-state index in [-0.39, 0.29) is 0 Å². The molecule has 0 atom stereocenters. The molecule has 0 bridgehead atoms. The van der Waals surface area contributed by atoms with Crippen molar-refractivity contribution in [1.29, 1.82) is 0 Å². The summed E-state index contributed by atoms with van der Waals surface area (Å²) >= 11 is 0. The average Bonchev–Trinajstić information content (AvgIpc) is 2.86. The first-order valence-corrected chi connectivity index (χ1v) is 7.02. The second-order valence-electron chi connectivity index (χ2n) is 5.35. The van der Waals surface area contributed by atoms with Gasteiger partial charge in [0.1, 0.15) is 0 Å². The normalized spacial score (nSPS) is 12.1. The van der Waals surface area contributed by atoms with Crippen LogP contribution < -0.4 is 4.57 Å². The van der Waals surface area contributed by atoms with E-state index in [1.807, 2.05) is 0 Å². The fourth-order valence-corrected chi connectivity index (χ4v) is 3.12. The molecule has 20 heavy (non-hydrogen) atoms. The maximum atomic E-state index is 2.42. The number of nitrogens with zero attached hydrogens (tertiary/aromatic N) is 1. The van der Waals surface area contributed by atoms with Gasteiger partial charge in [-0.2, -0.15) is 4.57 Å². The summed E-state index contributed by atoms with van der Waals surface area (Å²) < 4.78 is 2.42. The van der Waals surface area contributed by atoms with Gasteiger partial charge in [0.2, 0.25) is 11.4 Å². The Morgan fingerprint density at radius 3 is 2.15 bits per heavy atom. The molecule has 4 rings (SSSR count). The second kappa shape index (κ2) is 4.31. The van der Waals surface area contributed by atoms with Gasteiger partial charge in [-0.3, -0.25) is 0 Å². The van der Waals surface area contributed by atoms with Crippen molar-refractivity contribution in [3.63, 3.8) is 0 Å². The molecule has 1 aliphatic heterocycles. The van der Waals surface area contributed by atoms with Crippen LogP contribution in [0.5, 0.6) is 0 Å². The quantitative estimate of drug-likeness (QED) is 0.455. The van der Waals surface area contributed by atoms with Crippen LogP contribution in [-0.2, 0) is 6.54 Å². The van der Waals surface area contributed by atoms with E-state index in [4.69, 9.17) is 0 Å². The highest BCUT2D eigenvalue weighted by molar-refractivity contribution is 5.67. The Balaban J connectivity index is 1.97. The SMILES string of the molecule is Cc1ccccc1-c1cccc2[n+]1Cc1ccccc1-2. The Kier molecular flexibility index (Phi) is 2.46. The van der Waals surface area contributed by atoms with Gasteiger partial charge in [-0.15, -0.1) is 0 Å². The summed E-state index contributed by atoms with van der Waals surface area (Å²) in [5.74, 6) is 0. The lowest BCUT2D eigenvalue weighted by atomic mass is 10.0. The molecule has 1 aromatic heterocycles. The molecule has 2 aromatic carbocycles. The van der Waals surface area contributed by atoms with Crippen LogP contribution in [0.15, 0.2) is 66.7 Å². The molecule has 0 spiro atoms. The smallest absolute Gasteiger partial charge is 0.187 e. The van der Waals surface area contributed by atoms with Crippen molar-refractivity contribution in [1.82, 2.24) is 0 Å². The number of hydrogen-bond donors (Lipinski definition) is 0. The monoisotopic (exact) mass is 258 g/mol. The van der Waals surface area contributed by atoms with Gasteiger partial charge in [0.05, 0.1) is 5.56 Å². The second-order valence-corrected chi connectivity index (χ2v) is 5.35. The van der Waals surface area contributed by atoms with E-state index in [9.17, 15) is 0 Å². The van der Waals surface area contributed by atoms with Crippen molar-refractivity contribution < 1.29 is 4.57 Å². The molecule has 0 saturated carbocycles. The molecule has 1 aliphatic rings. The first-order chi connectivity index (χ1) is 9.84. The summed E-state index contributed by atoms with van der Waals surface area (Å²) in [5, 5.41) is 0. The Morgan fingerprint density at radius 1 is 0.700 bits per heavy atom. The fraction of sp³-hybridized carbons (Fsp3) is 0.105. The van der Waals surface area contributed by atoms with E-state index in [1.165, 1.54) is 33.6 Å². The number of pyridine rings is 1. The van der Waals surface area contributed by atoms with Crippen LogP contribution in [0.2, 0.25) is 0 Å². The molecule has 96 valence electrons. The zero-order chi connectivity index (χ0) is 13.5. The predicted octanol–water partition coefficient (Wildman–Crippen LogP) is 3.98. The van der Waals surface area contributed by atoms with Crippen molar-refractivity contribution in [2.75, 3.05) is 0 Å². The maximum Gasteiger partial charge on any atom is 0.213 e. The third kappa shape index (κ3) is 1.60. The van der Waals surface area contributed by atoms with Gasteiger partial charge in [-0.25, -0.2) is 0 Å². The Labute approximate surface area is 119 Å². The topological polar surface area (TPSA) is 3.88 Å². The molecule has 0 N–H and O–H groups in total. The van der Waals surface area contributed by atoms with Gasteiger partial charge in [-0.05, 0) is 30.7 Å². The van der Waals surface area contributed by atoms with Crippen molar-refractivity contribution in [2.24, 2.45) is 0 Å². The highest BCUT2D eigenvalue weighted by atomic mass is 15.0. The summed E-state index contributed by atoms with van der Waals surface area (Å²) in [6.07, 6.45) is 0. The van der Waals surface area contributed by atoms with Crippen LogP contribution >= 0.6 is 0 Å². The van der Waals surface area contributed by atoms with Gasteiger partial charge in [0.15, 0.2) is 6.54 Å². The van der Waals surface area contributed by atoms with Crippen LogP contribution in [0.3, 0.4) is 0 Å². The fourth-order valence-electron chi connectivity index (χ4n) is 3.12. The molecule has 0 radical (unpaired) electrons. The van der Waals surface area contributed by atoms with Crippen molar-refractivity contribution in [3.05, 3.63) is 77.9 Å². The van der Waals surface area contributed by atoms with Crippen LogP contribution in [-0.4, -0.2) is 0 Å². The van der Waals surface area contributed by atoms with Crippen molar-refractivity contribution in [2.45, 2.75) is 13.5 Å². The molecule has 1 heteroatoms. The predicted molar refractivity (Wildman–Crippen MR) is 81.3 cm³/mol. The highest BCUT2D eigenvalue weighted by Crippen LogP contribution is 2.30. The summed E-state index contributed by atoms with van der Waals surface area (Å²) in [4.78, 5) is 0. The summed E-state index contributed by atoms with van der Waals surface area (Å²) in [6.45, 7) is 3.15. The van der Waals surface area contributed by atoms with E-state index in [0.29, 0.717) is 0 Å². The van der Waals surface area contributed by atoms with Crippen LogP contribution in [0, 0.1) is 6.92 Å². The lowest BCUT2D eigenvalue weighted by Crippen LogP contribution is -2.35. The van der Waals surface area contributed by atoms with Crippen molar-refractivity contribution >= 4 is 0 Å². The Bertz CT molecular complexity index is 802. The first kappa shape index (κ1) is 11.4. The molecule has 0 saturated heterocycles. The molecule has 2 heterocycles. The summed E-state index contributed by atoms with van der Waals surface area (Å²) in [5.41, 5.74) is 8.04. The standard InChI is InChI=1S/C19H16N/c1-14-7-2-4-9-16(14)18-11-6-12-19-17-10-5-3-8-15(17)13-20(18)19/h2-12H,13H2,1H3/q+1. The van der Waals surface area contributed by atoms with Gasteiger partial charge in [0.25, 0.3) is 0 Å². The first-order valence-electron chi connectivity index (χ1n) is 7.02. The molecule has 0 amide bonds. The zero-order valence-electron chi connectivity index (χ0n) is 11.5. The minimum Gasteiger partial charge on any atom is -0.187 e. The zero-order valence-corrected chi connectivity index (χ0v) is 11.5. The van der Waals surface area contributed by atoms with E-state index in [2.05, 4.69) is 78.2 Å². The third-order valence-corrected chi connectivity index (χ3v) is 4.13. The molecule has 0 fully saturated rings. The summed E-state index contributed by atoms with van der Waals surface area (Å²) in [7, 11) is 0. The minimum absolute atomic E-state index is 0.968. The van der Waals surface area contributed by atoms with E-state index in [0.717, 1.165) is 6.54 Å². The van der Waals surface area contributed by atoms with Gasteiger partial charge >= 0.3 is 0 Å². The lowest BCUT2D eigenvalue weighted by Gasteiger charge is -2.05. The number of benzene rings is 2. The van der Waals surface area contributed by atoms with E-state index >= 15 is 0 Å². The molecular weight excluding hydrogens is 242 g/mol. The highest BCUT2D eigenvalue weighted by Gasteiger charge is 2.28. The number of aryl methyl sites for hydroxylation is 1. The Morgan fingerprint density at radius 2 is 1.35 bits per heavy atom. The molecular formula is C19H16N+. The van der Waals surface area contributed by atoms with Crippen molar-refractivity contribution in [3.8, 4) is 22.5 Å². The number of hydrogen-bond acceptors (Lipinski definition) is 0. The number of fused-ring (bicyclic) bond motifs is 3. The minimum atomic E-state index is 0.968. The van der Waals surface area contributed by atoms with Gasteiger partial charge < -0.3 is 0 Å². The van der Waals surface area contributed by atoms with Crippen LogP contribution in [0.1, 0.15) is 11.1 Å². The van der Waals surface area contributed by atoms with Gasteiger partial charge in [0, 0.05) is 23.3 Å². The van der Waals surface area contributed by atoms with E-state index < -0.39 is 0 Å². The average molecular weight is 258 g/mol. The van der Waals surface area contributed by atoms with Crippen LogP contribution in [0.25, 0.3) is 22.5 Å². The number of rotatable bonds is 1. The number of aromatic nitrogens is 1. The Hall–Kier alpha value is -2.41. The van der Waals surface area contributed by atoms with Gasteiger partial charge in [-0.1, -0.05) is 36.4 Å². The largest absolute Gasteiger partial charge is 0.213 e. The van der Waals surface area contributed by atoms with E-state index in [1.54, 1.807) is 0 Å². The lowest BCUT2D eigenvalue weighted by molar-refractivity contribution is -0.661. The molecule has 0 aliphatic carbocycles. The van der Waals surface area contributed by atoms with Crippen LogP contribution in [0.4, 0.5) is 0 Å². The molecule has 1 nitrogen and oxygen atoms in total. The third-order valence-electron chi connectivity index (χ3n) is 4.13. The maximum absolute atomic E-state index is 2.42.